The summed E-state index contributed by atoms with van der Waals surface area (Å²) in [6, 6.07) is 7.13. The van der Waals surface area contributed by atoms with Gasteiger partial charge in [-0.3, -0.25) is 9.89 Å². The quantitative estimate of drug-likeness (QED) is 0.754. The van der Waals surface area contributed by atoms with Crippen molar-refractivity contribution in [2.24, 2.45) is 0 Å². The number of aryl methyl sites for hydroxylation is 1. The topological polar surface area (TPSA) is 96.7 Å². The first-order chi connectivity index (χ1) is 10.7. The van der Waals surface area contributed by atoms with Crippen molar-refractivity contribution in [2.75, 3.05) is 5.32 Å². The number of amides is 1. The van der Waals surface area contributed by atoms with Gasteiger partial charge in [0.2, 0.25) is 17.6 Å². The molecular weight excluding hydrogens is 306 g/mol. The third kappa shape index (κ3) is 3.50. The predicted molar refractivity (Wildman–Crippen MR) is 80.3 cm³/mol. The number of rotatable bonds is 5. The van der Waals surface area contributed by atoms with E-state index in [-0.39, 0.29) is 12.3 Å². The van der Waals surface area contributed by atoms with Gasteiger partial charge >= 0.3 is 0 Å². The standard InChI is InChI=1S/C14H12ClN5O2/c15-10-3-1-9(2-4-10)14-19-13(22-20-14)6-5-12(21)18-11-7-16-17-8-11/h1-4,7-8H,5-6H2,(H,16,17)(H,18,21). The van der Waals surface area contributed by atoms with Crippen molar-refractivity contribution in [3.05, 3.63) is 47.6 Å². The van der Waals surface area contributed by atoms with E-state index in [9.17, 15) is 4.79 Å². The van der Waals surface area contributed by atoms with Crippen LogP contribution >= 0.6 is 11.6 Å². The summed E-state index contributed by atoms with van der Waals surface area (Å²) in [6.45, 7) is 0. The van der Waals surface area contributed by atoms with Crippen molar-refractivity contribution >= 4 is 23.2 Å². The Bertz CT molecular complexity index is 752. The number of nitrogens with zero attached hydrogens (tertiary/aromatic N) is 3. The number of halogens is 1. The average Bonchev–Trinajstić information content (AvgIpc) is 3.17. The van der Waals surface area contributed by atoms with Crippen molar-refractivity contribution in [1.29, 1.82) is 0 Å². The van der Waals surface area contributed by atoms with Gasteiger partial charge in [0.25, 0.3) is 0 Å². The van der Waals surface area contributed by atoms with Crippen molar-refractivity contribution in [2.45, 2.75) is 12.8 Å². The lowest BCUT2D eigenvalue weighted by Crippen LogP contribution is -2.11. The van der Waals surface area contributed by atoms with Crippen LogP contribution in [-0.2, 0) is 11.2 Å². The molecule has 3 aromatic rings. The van der Waals surface area contributed by atoms with Crippen LogP contribution in [0.3, 0.4) is 0 Å². The summed E-state index contributed by atoms with van der Waals surface area (Å²) in [5, 5.41) is 13.6. The van der Waals surface area contributed by atoms with E-state index in [0.717, 1.165) is 5.56 Å². The van der Waals surface area contributed by atoms with Crippen molar-refractivity contribution in [1.82, 2.24) is 20.3 Å². The molecule has 7 nitrogen and oxygen atoms in total. The number of benzene rings is 1. The van der Waals surface area contributed by atoms with E-state index in [4.69, 9.17) is 16.1 Å². The molecule has 2 aromatic heterocycles. The molecule has 2 N–H and O–H groups in total. The molecule has 1 aromatic carbocycles. The summed E-state index contributed by atoms with van der Waals surface area (Å²) in [5.74, 6) is 0.738. The van der Waals surface area contributed by atoms with Crippen LogP contribution in [0.4, 0.5) is 5.69 Å². The highest BCUT2D eigenvalue weighted by Crippen LogP contribution is 2.19. The molecule has 0 spiro atoms. The van der Waals surface area contributed by atoms with E-state index < -0.39 is 0 Å². The molecule has 0 saturated heterocycles. The Kier molecular flexibility index (Phi) is 4.15. The van der Waals surface area contributed by atoms with E-state index in [1.807, 2.05) is 12.1 Å². The van der Waals surface area contributed by atoms with Crippen LogP contribution in [0.25, 0.3) is 11.4 Å². The van der Waals surface area contributed by atoms with Crippen LogP contribution in [0.2, 0.25) is 5.02 Å². The van der Waals surface area contributed by atoms with Crippen molar-refractivity contribution in [3.8, 4) is 11.4 Å². The maximum absolute atomic E-state index is 11.7. The fourth-order valence-corrected chi connectivity index (χ4v) is 1.96. The van der Waals surface area contributed by atoms with Crippen LogP contribution in [0.5, 0.6) is 0 Å². The molecule has 2 heterocycles. The van der Waals surface area contributed by atoms with Crippen LogP contribution in [0.15, 0.2) is 41.2 Å². The Morgan fingerprint density at radius 3 is 2.86 bits per heavy atom. The highest BCUT2D eigenvalue weighted by molar-refractivity contribution is 6.30. The van der Waals surface area contributed by atoms with Gasteiger partial charge in [0.05, 0.1) is 11.9 Å². The van der Waals surface area contributed by atoms with Gasteiger partial charge in [-0.1, -0.05) is 16.8 Å². The molecule has 8 heteroatoms. The fourth-order valence-electron chi connectivity index (χ4n) is 1.84. The van der Waals surface area contributed by atoms with E-state index in [2.05, 4.69) is 25.7 Å². The molecule has 0 atom stereocenters. The van der Waals surface area contributed by atoms with Crippen molar-refractivity contribution < 1.29 is 9.32 Å². The van der Waals surface area contributed by atoms with Gasteiger partial charge in [-0.2, -0.15) is 10.1 Å². The molecule has 0 aliphatic carbocycles. The van der Waals surface area contributed by atoms with E-state index >= 15 is 0 Å². The number of H-pyrrole nitrogens is 1. The molecular formula is C14H12ClN5O2. The van der Waals surface area contributed by atoms with Crippen molar-refractivity contribution in [3.63, 3.8) is 0 Å². The summed E-state index contributed by atoms with van der Waals surface area (Å²) in [7, 11) is 0. The third-order valence-corrected chi connectivity index (χ3v) is 3.17. The van der Waals surface area contributed by atoms with E-state index in [1.54, 1.807) is 18.3 Å². The van der Waals surface area contributed by atoms with Gasteiger partial charge in [-0.05, 0) is 24.3 Å². The first-order valence-electron chi connectivity index (χ1n) is 6.58. The number of carbonyl (C=O) groups is 1. The lowest BCUT2D eigenvalue weighted by molar-refractivity contribution is -0.116. The maximum Gasteiger partial charge on any atom is 0.227 e. The largest absolute Gasteiger partial charge is 0.339 e. The first-order valence-corrected chi connectivity index (χ1v) is 6.95. The Morgan fingerprint density at radius 1 is 1.32 bits per heavy atom. The Labute approximate surface area is 130 Å². The van der Waals surface area contributed by atoms with E-state index in [0.29, 0.717) is 28.8 Å². The molecule has 112 valence electrons. The smallest absolute Gasteiger partial charge is 0.227 e. The van der Waals surface area contributed by atoms with Gasteiger partial charge in [-0.25, -0.2) is 0 Å². The predicted octanol–water partition coefficient (Wildman–Crippen LogP) is 2.68. The normalized spacial score (nSPS) is 10.6. The van der Waals surface area contributed by atoms with Gasteiger partial charge < -0.3 is 9.84 Å². The molecule has 0 radical (unpaired) electrons. The number of nitrogens with one attached hydrogen (secondary N) is 2. The molecule has 0 aliphatic heterocycles. The molecule has 0 unspecified atom stereocenters. The first kappa shape index (κ1) is 14.3. The number of aromatic nitrogens is 4. The number of carbonyl (C=O) groups excluding carboxylic acids is 1. The zero-order valence-corrected chi connectivity index (χ0v) is 12.2. The Balaban J connectivity index is 1.57. The molecule has 0 bridgehead atoms. The minimum atomic E-state index is -0.146. The monoisotopic (exact) mass is 317 g/mol. The zero-order valence-electron chi connectivity index (χ0n) is 11.4. The maximum atomic E-state index is 11.7. The summed E-state index contributed by atoms with van der Waals surface area (Å²) in [5.41, 5.74) is 1.43. The lowest BCUT2D eigenvalue weighted by atomic mass is 10.2. The summed E-state index contributed by atoms with van der Waals surface area (Å²) < 4.78 is 5.14. The van der Waals surface area contributed by atoms with Crippen LogP contribution in [-0.4, -0.2) is 26.2 Å². The van der Waals surface area contributed by atoms with Gasteiger partial charge in [0, 0.05) is 29.6 Å². The van der Waals surface area contributed by atoms with Gasteiger partial charge in [0.1, 0.15) is 0 Å². The second-order valence-electron chi connectivity index (χ2n) is 4.55. The molecule has 0 aliphatic rings. The number of hydrogen-bond donors (Lipinski definition) is 2. The molecule has 1 amide bonds. The van der Waals surface area contributed by atoms with Crippen LogP contribution in [0.1, 0.15) is 12.3 Å². The Morgan fingerprint density at radius 2 is 2.14 bits per heavy atom. The Hall–Kier alpha value is -2.67. The third-order valence-electron chi connectivity index (χ3n) is 2.92. The highest BCUT2D eigenvalue weighted by atomic mass is 35.5. The molecule has 0 fully saturated rings. The summed E-state index contributed by atoms with van der Waals surface area (Å²) in [6.07, 6.45) is 3.74. The number of anilines is 1. The summed E-state index contributed by atoms with van der Waals surface area (Å²) in [4.78, 5) is 16.0. The highest BCUT2D eigenvalue weighted by Gasteiger charge is 2.11. The van der Waals surface area contributed by atoms with Crippen LogP contribution < -0.4 is 5.32 Å². The fraction of sp³-hybridized carbons (Fsp3) is 0.143. The summed E-state index contributed by atoms with van der Waals surface area (Å²) >= 11 is 5.83. The average molecular weight is 318 g/mol. The molecule has 0 saturated carbocycles. The zero-order chi connectivity index (χ0) is 15.4. The second-order valence-corrected chi connectivity index (χ2v) is 4.99. The SMILES string of the molecule is O=C(CCc1nc(-c2ccc(Cl)cc2)no1)Nc1cn[nH]c1. The lowest BCUT2D eigenvalue weighted by Gasteiger charge is -1.99. The molecule has 3 rings (SSSR count). The number of aromatic amines is 1. The van der Waals surface area contributed by atoms with Gasteiger partial charge in [-0.15, -0.1) is 0 Å². The second kappa shape index (κ2) is 6.40. The van der Waals surface area contributed by atoms with Gasteiger partial charge in [0.15, 0.2) is 0 Å². The van der Waals surface area contributed by atoms with Crippen LogP contribution in [0, 0.1) is 0 Å². The van der Waals surface area contributed by atoms with E-state index in [1.165, 1.54) is 6.20 Å². The minimum Gasteiger partial charge on any atom is -0.339 e. The number of hydrogen-bond acceptors (Lipinski definition) is 5. The molecule has 22 heavy (non-hydrogen) atoms. The minimum absolute atomic E-state index is 0.146.